The van der Waals surface area contributed by atoms with E-state index in [1.165, 1.54) is 44.7 Å². The number of hydrogen-bond acceptors (Lipinski definition) is 5. The predicted molar refractivity (Wildman–Crippen MR) is 140 cm³/mol. The van der Waals surface area contributed by atoms with E-state index >= 15 is 0 Å². The number of likely N-dealkylation sites (N-methyl/N-ethyl adjacent to an activating group) is 1. The first kappa shape index (κ1) is 27.9. The number of unbranched alkanes of at least 4 members (excludes halogenated alkanes) is 1. The lowest BCUT2D eigenvalue weighted by atomic mass is 10.1. The van der Waals surface area contributed by atoms with Crippen LogP contribution in [0.1, 0.15) is 30.9 Å². The molecule has 1 aromatic carbocycles. The van der Waals surface area contributed by atoms with Crippen LogP contribution < -0.4 is 15.4 Å². The summed E-state index contributed by atoms with van der Waals surface area (Å²) in [7, 11) is 4.01. The third-order valence-electron chi connectivity index (χ3n) is 5.37. The van der Waals surface area contributed by atoms with Crippen molar-refractivity contribution in [2.45, 2.75) is 33.2 Å². The first-order valence-corrected chi connectivity index (χ1v) is 11.3. The highest BCUT2D eigenvalue weighted by atomic mass is 127. The minimum Gasteiger partial charge on any atom is -0.491 e. The molecule has 1 aliphatic heterocycles. The highest BCUT2D eigenvalue weighted by Crippen LogP contribution is 2.20. The molecule has 0 spiro atoms. The van der Waals surface area contributed by atoms with Crippen molar-refractivity contribution in [3.8, 4) is 5.75 Å². The van der Waals surface area contributed by atoms with E-state index in [0.29, 0.717) is 26.4 Å². The van der Waals surface area contributed by atoms with Gasteiger partial charge >= 0.3 is 0 Å². The summed E-state index contributed by atoms with van der Waals surface area (Å²) in [4.78, 5) is 9.32. The van der Waals surface area contributed by atoms with Gasteiger partial charge in [0.25, 0.3) is 0 Å². The molecule has 7 nitrogen and oxygen atoms in total. The number of rotatable bonds is 12. The Morgan fingerprint density at radius 3 is 2.58 bits per heavy atom. The highest BCUT2D eigenvalue weighted by molar-refractivity contribution is 14.0. The van der Waals surface area contributed by atoms with Gasteiger partial charge < -0.3 is 29.9 Å². The fourth-order valence-corrected chi connectivity index (χ4v) is 3.44. The molecule has 1 aliphatic rings. The standard InChI is InChI=1S/C23H41N5O2.HI/c1-5-29-16-17-30-22-18-20(2)8-9-21(22)19-26-23(24-3)25-10-6-7-11-28-14-12-27(4)13-15-28;/h8-9,18H,5-7,10-17,19H2,1-4H3,(H2,24,25,26);1H. The summed E-state index contributed by atoms with van der Waals surface area (Å²) in [5.41, 5.74) is 2.31. The van der Waals surface area contributed by atoms with Crippen LogP contribution in [0.15, 0.2) is 23.2 Å². The van der Waals surface area contributed by atoms with E-state index in [1.54, 1.807) is 0 Å². The lowest BCUT2D eigenvalue weighted by Crippen LogP contribution is -2.44. The van der Waals surface area contributed by atoms with Crippen molar-refractivity contribution >= 4 is 29.9 Å². The number of nitrogens with zero attached hydrogens (tertiary/aromatic N) is 3. The third-order valence-corrected chi connectivity index (χ3v) is 5.37. The zero-order chi connectivity index (χ0) is 21.6. The molecule has 31 heavy (non-hydrogen) atoms. The maximum atomic E-state index is 5.93. The van der Waals surface area contributed by atoms with Crippen LogP contribution in [0, 0.1) is 6.92 Å². The quantitative estimate of drug-likeness (QED) is 0.182. The fraction of sp³-hybridized carbons (Fsp3) is 0.696. The van der Waals surface area contributed by atoms with Crippen LogP contribution in [0.2, 0.25) is 0 Å². The average molecular weight is 548 g/mol. The van der Waals surface area contributed by atoms with Crippen LogP contribution in [0.5, 0.6) is 5.75 Å². The van der Waals surface area contributed by atoms with Gasteiger partial charge in [-0.15, -0.1) is 24.0 Å². The summed E-state index contributed by atoms with van der Waals surface area (Å²) in [6.45, 7) is 13.5. The number of ether oxygens (including phenoxy) is 2. The molecule has 1 saturated heterocycles. The van der Waals surface area contributed by atoms with Gasteiger partial charge in [0.05, 0.1) is 6.61 Å². The molecule has 0 saturated carbocycles. The molecular formula is C23H42IN5O2. The first-order valence-electron chi connectivity index (χ1n) is 11.3. The summed E-state index contributed by atoms with van der Waals surface area (Å²) < 4.78 is 11.3. The maximum Gasteiger partial charge on any atom is 0.191 e. The van der Waals surface area contributed by atoms with Gasteiger partial charge in [-0.05, 0) is 51.9 Å². The smallest absolute Gasteiger partial charge is 0.191 e. The molecule has 1 aromatic rings. The number of hydrogen-bond donors (Lipinski definition) is 2. The summed E-state index contributed by atoms with van der Waals surface area (Å²) >= 11 is 0. The second-order valence-electron chi connectivity index (χ2n) is 7.86. The Hall–Kier alpha value is -1.10. The predicted octanol–water partition coefficient (Wildman–Crippen LogP) is 2.72. The van der Waals surface area contributed by atoms with Gasteiger partial charge in [0.1, 0.15) is 12.4 Å². The molecule has 0 amide bonds. The largest absolute Gasteiger partial charge is 0.491 e. The summed E-state index contributed by atoms with van der Waals surface area (Å²) in [6, 6.07) is 6.31. The molecule has 1 heterocycles. The van der Waals surface area contributed by atoms with Gasteiger partial charge in [-0.1, -0.05) is 12.1 Å². The molecule has 2 rings (SSSR count). The van der Waals surface area contributed by atoms with Gasteiger partial charge in [0, 0.05) is 58.5 Å². The van der Waals surface area contributed by atoms with Crippen molar-refractivity contribution in [1.82, 2.24) is 20.4 Å². The molecule has 178 valence electrons. The van der Waals surface area contributed by atoms with E-state index in [9.17, 15) is 0 Å². The second-order valence-corrected chi connectivity index (χ2v) is 7.86. The van der Waals surface area contributed by atoms with E-state index in [0.717, 1.165) is 30.2 Å². The van der Waals surface area contributed by atoms with Crippen molar-refractivity contribution in [3.63, 3.8) is 0 Å². The maximum absolute atomic E-state index is 5.93. The Morgan fingerprint density at radius 2 is 1.87 bits per heavy atom. The molecule has 0 bridgehead atoms. The monoisotopic (exact) mass is 547 g/mol. The topological polar surface area (TPSA) is 61.4 Å². The van der Waals surface area contributed by atoms with Gasteiger partial charge in [-0.3, -0.25) is 4.99 Å². The third kappa shape index (κ3) is 11.4. The Bertz CT molecular complexity index is 636. The average Bonchev–Trinajstić information content (AvgIpc) is 2.75. The van der Waals surface area contributed by atoms with Crippen LogP contribution in [-0.2, 0) is 11.3 Å². The fourth-order valence-electron chi connectivity index (χ4n) is 3.44. The van der Waals surface area contributed by atoms with Crippen LogP contribution in [0.3, 0.4) is 0 Å². The molecule has 0 aliphatic carbocycles. The molecule has 1 fully saturated rings. The molecule has 0 aromatic heterocycles. The number of benzene rings is 1. The van der Waals surface area contributed by atoms with E-state index in [4.69, 9.17) is 9.47 Å². The number of aliphatic imine (C=N–C) groups is 1. The van der Waals surface area contributed by atoms with E-state index in [1.807, 2.05) is 14.0 Å². The minimum absolute atomic E-state index is 0. The van der Waals surface area contributed by atoms with Crippen LogP contribution in [0.25, 0.3) is 0 Å². The minimum atomic E-state index is 0. The molecule has 2 N–H and O–H groups in total. The Balaban J connectivity index is 0.00000480. The van der Waals surface area contributed by atoms with Crippen LogP contribution in [-0.4, -0.2) is 88.9 Å². The molecule has 0 radical (unpaired) electrons. The van der Waals surface area contributed by atoms with Crippen molar-refractivity contribution in [3.05, 3.63) is 29.3 Å². The number of guanidine groups is 1. The zero-order valence-electron chi connectivity index (χ0n) is 19.8. The van der Waals surface area contributed by atoms with Gasteiger partial charge in [-0.2, -0.15) is 0 Å². The van der Waals surface area contributed by atoms with Crippen LogP contribution >= 0.6 is 24.0 Å². The number of halogens is 1. The number of aryl methyl sites for hydroxylation is 1. The van der Waals surface area contributed by atoms with Crippen molar-refractivity contribution in [1.29, 1.82) is 0 Å². The van der Waals surface area contributed by atoms with Crippen LogP contribution in [0.4, 0.5) is 0 Å². The van der Waals surface area contributed by atoms with Gasteiger partial charge in [-0.25, -0.2) is 0 Å². The Labute approximate surface area is 206 Å². The van der Waals surface area contributed by atoms with E-state index in [2.05, 4.69) is 57.6 Å². The lowest BCUT2D eigenvalue weighted by Gasteiger charge is -2.32. The van der Waals surface area contributed by atoms with E-state index < -0.39 is 0 Å². The summed E-state index contributed by atoms with van der Waals surface area (Å²) in [5.74, 6) is 1.74. The lowest BCUT2D eigenvalue weighted by molar-refractivity contribution is 0.110. The second kappa shape index (κ2) is 16.5. The molecule has 8 heteroatoms. The molecule has 0 atom stereocenters. The SMILES string of the molecule is CCOCCOc1cc(C)ccc1CNC(=NC)NCCCCN1CCN(C)CC1.I. The number of nitrogens with one attached hydrogen (secondary N) is 2. The molecular weight excluding hydrogens is 505 g/mol. The first-order chi connectivity index (χ1) is 14.6. The van der Waals surface area contributed by atoms with Gasteiger partial charge in [0.2, 0.25) is 0 Å². The van der Waals surface area contributed by atoms with Crippen molar-refractivity contribution < 1.29 is 9.47 Å². The number of piperazine rings is 1. The zero-order valence-corrected chi connectivity index (χ0v) is 22.1. The van der Waals surface area contributed by atoms with Crippen molar-refractivity contribution in [2.24, 2.45) is 4.99 Å². The van der Waals surface area contributed by atoms with E-state index in [-0.39, 0.29) is 24.0 Å². The normalized spacial score (nSPS) is 15.4. The van der Waals surface area contributed by atoms with Gasteiger partial charge in [0.15, 0.2) is 5.96 Å². The summed E-state index contributed by atoms with van der Waals surface area (Å²) in [5, 5.41) is 6.83. The molecule has 0 unspecified atom stereocenters. The summed E-state index contributed by atoms with van der Waals surface area (Å²) in [6.07, 6.45) is 2.35. The highest BCUT2D eigenvalue weighted by Gasteiger charge is 2.12. The Morgan fingerprint density at radius 1 is 1.10 bits per heavy atom. The Kier molecular flexibility index (Phi) is 14.9. The van der Waals surface area contributed by atoms with Crippen molar-refractivity contribution in [2.75, 3.05) is 73.2 Å².